The topological polar surface area (TPSA) is 149 Å². The monoisotopic (exact) mass is 246 g/mol. The van der Waals surface area contributed by atoms with Gasteiger partial charge in [0.15, 0.2) is 5.96 Å². The van der Waals surface area contributed by atoms with Crippen LogP contribution in [0.2, 0.25) is 0 Å². The van der Waals surface area contributed by atoms with E-state index in [0.29, 0.717) is 13.0 Å². The lowest BCUT2D eigenvalue weighted by molar-refractivity contribution is -0.142. The molecule has 0 aromatic heterocycles. The van der Waals surface area contributed by atoms with Gasteiger partial charge in [-0.2, -0.15) is 0 Å². The number of nitrogens with one attached hydrogen (secondary N) is 3. The van der Waals surface area contributed by atoms with E-state index in [9.17, 15) is 9.59 Å². The molecule has 17 heavy (non-hydrogen) atoms. The first-order valence-electron chi connectivity index (χ1n) is 5.14. The van der Waals surface area contributed by atoms with E-state index in [4.69, 9.17) is 21.4 Å². The number of hydrogen-bond donors (Lipinski definition) is 6. The molecule has 0 aromatic rings. The van der Waals surface area contributed by atoms with E-state index in [-0.39, 0.29) is 12.4 Å². The maximum atomic E-state index is 10.8. The van der Waals surface area contributed by atoms with Crippen LogP contribution in [0.25, 0.3) is 0 Å². The number of aliphatic carboxylic acids is 2. The number of hydrogen-bond acceptors (Lipinski definition) is 4. The van der Waals surface area contributed by atoms with E-state index in [1.165, 1.54) is 6.92 Å². The molecule has 0 aliphatic heterocycles. The lowest BCUT2D eigenvalue weighted by atomic mass is 10.1. The Balaban J connectivity index is 4.03. The van der Waals surface area contributed by atoms with Crippen molar-refractivity contribution in [3.8, 4) is 0 Å². The summed E-state index contributed by atoms with van der Waals surface area (Å²) in [6.45, 7) is 1.76. The average molecular weight is 246 g/mol. The molecule has 0 radical (unpaired) electrons. The Labute approximate surface area is 98.7 Å². The van der Waals surface area contributed by atoms with Crippen molar-refractivity contribution in [2.45, 2.75) is 31.8 Å². The summed E-state index contributed by atoms with van der Waals surface area (Å²) < 4.78 is 0. The molecule has 0 spiro atoms. The van der Waals surface area contributed by atoms with Gasteiger partial charge in [-0.1, -0.05) is 0 Å². The smallest absolute Gasteiger partial charge is 0.320 e. The number of carboxylic acids is 2. The van der Waals surface area contributed by atoms with Crippen LogP contribution in [0, 0.1) is 5.41 Å². The van der Waals surface area contributed by atoms with Gasteiger partial charge in [-0.15, -0.1) is 0 Å². The number of carbonyl (C=O) groups is 2. The molecule has 0 saturated carbocycles. The zero-order chi connectivity index (χ0) is 13.4. The molecule has 0 rings (SSSR count). The Hall–Kier alpha value is -1.83. The van der Waals surface area contributed by atoms with Crippen molar-refractivity contribution in [2.75, 3.05) is 6.54 Å². The molecule has 98 valence electrons. The van der Waals surface area contributed by atoms with Crippen LogP contribution in [0.3, 0.4) is 0 Å². The molecule has 0 saturated heterocycles. The minimum Gasteiger partial charge on any atom is -0.480 e. The first kappa shape index (κ1) is 15.2. The standard InChI is InChI=1S/C9H18N4O4/c1-5(7(14)15)13-6(8(16)17)3-2-4-12-9(10)11/h5-6,13H,2-4H2,1H3,(H,14,15)(H,16,17)(H4,10,11,12)/t5?,6-/m1/s1. The van der Waals surface area contributed by atoms with Crippen LogP contribution < -0.4 is 16.4 Å². The molecule has 0 bridgehead atoms. The van der Waals surface area contributed by atoms with Crippen LogP contribution in [0.5, 0.6) is 0 Å². The van der Waals surface area contributed by atoms with Gasteiger partial charge in [-0.25, -0.2) is 0 Å². The van der Waals surface area contributed by atoms with Gasteiger partial charge in [-0.05, 0) is 19.8 Å². The molecule has 0 amide bonds. The maximum absolute atomic E-state index is 10.8. The Morgan fingerprint density at radius 1 is 1.35 bits per heavy atom. The van der Waals surface area contributed by atoms with E-state index >= 15 is 0 Å². The summed E-state index contributed by atoms with van der Waals surface area (Å²) in [6, 6.07) is -1.84. The predicted molar refractivity (Wildman–Crippen MR) is 60.8 cm³/mol. The van der Waals surface area contributed by atoms with Gasteiger partial charge in [-0.3, -0.25) is 20.3 Å². The summed E-state index contributed by atoms with van der Waals surface area (Å²) >= 11 is 0. The first-order chi connectivity index (χ1) is 7.84. The number of nitrogens with two attached hydrogens (primary N) is 1. The Bertz CT molecular complexity index is 295. The largest absolute Gasteiger partial charge is 0.480 e. The van der Waals surface area contributed by atoms with Gasteiger partial charge in [0.25, 0.3) is 0 Å². The van der Waals surface area contributed by atoms with E-state index in [1.807, 2.05) is 0 Å². The highest BCUT2D eigenvalue weighted by Crippen LogP contribution is 1.99. The second kappa shape index (κ2) is 7.44. The van der Waals surface area contributed by atoms with E-state index < -0.39 is 24.0 Å². The van der Waals surface area contributed by atoms with Gasteiger partial charge < -0.3 is 21.3 Å². The number of carboxylic acid groups (broad SMARTS) is 2. The highest BCUT2D eigenvalue weighted by molar-refractivity contribution is 5.77. The van der Waals surface area contributed by atoms with Crippen molar-refractivity contribution in [1.29, 1.82) is 5.41 Å². The van der Waals surface area contributed by atoms with Crippen molar-refractivity contribution in [3.05, 3.63) is 0 Å². The summed E-state index contributed by atoms with van der Waals surface area (Å²) in [6.07, 6.45) is 0.725. The fourth-order valence-corrected chi connectivity index (χ4v) is 1.18. The van der Waals surface area contributed by atoms with Gasteiger partial charge in [0, 0.05) is 6.54 Å². The molecule has 0 aliphatic rings. The number of guanidine groups is 1. The highest BCUT2D eigenvalue weighted by atomic mass is 16.4. The molecule has 1 unspecified atom stereocenters. The van der Waals surface area contributed by atoms with Gasteiger partial charge in [0.2, 0.25) is 0 Å². The second-order valence-electron chi connectivity index (χ2n) is 3.60. The van der Waals surface area contributed by atoms with Crippen molar-refractivity contribution in [1.82, 2.24) is 10.6 Å². The predicted octanol–water partition coefficient (Wildman–Crippen LogP) is -1.23. The lowest BCUT2D eigenvalue weighted by Gasteiger charge is -2.17. The molecule has 2 atom stereocenters. The molecule has 7 N–H and O–H groups in total. The van der Waals surface area contributed by atoms with Crippen LogP contribution in [0.1, 0.15) is 19.8 Å². The molecule has 0 aliphatic carbocycles. The lowest BCUT2D eigenvalue weighted by Crippen LogP contribution is -2.46. The molecule has 0 fully saturated rings. The van der Waals surface area contributed by atoms with Crippen LogP contribution in [0.15, 0.2) is 0 Å². The fraction of sp³-hybridized carbons (Fsp3) is 0.667. The summed E-state index contributed by atoms with van der Waals surface area (Å²) in [5.74, 6) is -2.37. The maximum Gasteiger partial charge on any atom is 0.320 e. The van der Waals surface area contributed by atoms with Crippen molar-refractivity contribution in [2.24, 2.45) is 5.73 Å². The quantitative estimate of drug-likeness (QED) is 0.178. The zero-order valence-corrected chi connectivity index (χ0v) is 9.56. The first-order valence-corrected chi connectivity index (χ1v) is 5.14. The second-order valence-corrected chi connectivity index (χ2v) is 3.60. The third-order valence-electron chi connectivity index (χ3n) is 2.10. The average Bonchev–Trinajstić information content (AvgIpc) is 2.21. The zero-order valence-electron chi connectivity index (χ0n) is 9.56. The van der Waals surface area contributed by atoms with E-state index in [0.717, 1.165) is 0 Å². The fourth-order valence-electron chi connectivity index (χ4n) is 1.18. The highest BCUT2D eigenvalue weighted by Gasteiger charge is 2.22. The third-order valence-corrected chi connectivity index (χ3v) is 2.10. The minimum absolute atomic E-state index is 0.177. The SMILES string of the molecule is CC(N[C@H](CCCNC(=N)N)C(=O)O)C(=O)O. The molecule has 8 heteroatoms. The normalized spacial score (nSPS) is 13.7. The third kappa shape index (κ3) is 7.12. The molecular weight excluding hydrogens is 228 g/mol. The Morgan fingerprint density at radius 2 is 1.94 bits per heavy atom. The summed E-state index contributed by atoms with van der Waals surface area (Å²) in [5, 5.41) is 29.4. The Morgan fingerprint density at radius 3 is 2.35 bits per heavy atom. The summed E-state index contributed by atoms with van der Waals surface area (Å²) in [4.78, 5) is 21.4. The number of rotatable bonds is 8. The van der Waals surface area contributed by atoms with Gasteiger partial charge in [0.1, 0.15) is 12.1 Å². The van der Waals surface area contributed by atoms with Gasteiger partial charge in [0.05, 0.1) is 0 Å². The molecule has 0 heterocycles. The van der Waals surface area contributed by atoms with Crippen molar-refractivity contribution < 1.29 is 19.8 Å². The van der Waals surface area contributed by atoms with Crippen molar-refractivity contribution in [3.63, 3.8) is 0 Å². The molecular formula is C9H18N4O4. The van der Waals surface area contributed by atoms with Crippen molar-refractivity contribution >= 4 is 17.9 Å². The van der Waals surface area contributed by atoms with Crippen LogP contribution in [-0.4, -0.2) is 46.7 Å². The van der Waals surface area contributed by atoms with Gasteiger partial charge >= 0.3 is 11.9 Å². The van der Waals surface area contributed by atoms with Crippen LogP contribution in [-0.2, 0) is 9.59 Å². The van der Waals surface area contributed by atoms with E-state index in [1.54, 1.807) is 0 Å². The molecule has 8 nitrogen and oxygen atoms in total. The van der Waals surface area contributed by atoms with Crippen LogP contribution in [0.4, 0.5) is 0 Å². The Kier molecular flexibility index (Phi) is 6.64. The summed E-state index contributed by atoms with van der Waals surface area (Å²) in [5.41, 5.74) is 5.05. The van der Waals surface area contributed by atoms with Crippen LogP contribution >= 0.6 is 0 Å². The minimum atomic E-state index is -1.10. The molecule has 0 aromatic carbocycles. The van der Waals surface area contributed by atoms with E-state index in [2.05, 4.69) is 10.6 Å². The summed E-state index contributed by atoms with van der Waals surface area (Å²) in [7, 11) is 0.